The first-order valence-electron chi connectivity index (χ1n) is 5.42. The summed E-state index contributed by atoms with van der Waals surface area (Å²) in [6.45, 7) is 0.193. The second-order valence-corrected chi connectivity index (χ2v) is 6.49. The van der Waals surface area contributed by atoms with Crippen LogP contribution >= 0.6 is 15.9 Å². The van der Waals surface area contributed by atoms with Crippen molar-refractivity contribution in [3.8, 4) is 0 Å². The summed E-state index contributed by atoms with van der Waals surface area (Å²) < 4.78 is 27.2. The van der Waals surface area contributed by atoms with Gasteiger partial charge in [-0.1, -0.05) is 6.07 Å². The van der Waals surface area contributed by atoms with Crippen LogP contribution in [-0.4, -0.2) is 13.4 Å². The van der Waals surface area contributed by atoms with Crippen LogP contribution in [0.4, 0.5) is 5.69 Å². The van der Waals surface area contributed by atoms with E-state index in [0.29, 0.717) is 10.2 Å². The number of rotatable bonds is 4. The van der Waals surface area contributed by atoms with E-state index in [4.69, 9.17) is 5.73 Å². The fourth-order valence-corrected chi connectivity index (χ4v) is 3.01. The largest absolute Gasteiger partial charge is 0.398 e. The standard InChI is InChI=1S/C12H12BrN3O2S/c13-11-6-10(3-4-12(11)14)19(17,18)16-8-9-2-1-5-15-7-9/h1-7,16H,8,14H2. The van der Waals surface area contributed by atoms with Crippen molar-refractivity contribution < 1.29 is 8.42 Å². The molecule has 0 bridgehead atoms. The number of aromatic nitrogens is 1. The van der Waals surface area contributed by atoms with Gasteiger partial charge in [0.05, 0.1) is 4.90 Å². The molecular weight excluding hydrogens is 330 g/mol. The van der Waals surface area contributed by atoms with E-state index in [1.165, 1.54) is 12.1 Å². The number of anilines is 1. The van der Waals surface area contributed by atoms with Gasteiger partial charge in [0, 0.05) is 29.1 Å². The minimum Gasteiger partial charge on any atom is -0.398 e. The Hall–Kier alpha value is -1.44. The minimum absolute atomic E-state index is 0.164. The molecule has 2 aromatic rings. The average molecular weight is 342 g/mol. The lowest BCUT2D eigenvalue weighted by Crippen LogP contribution is -2.23. The number of pyridine rings is 1. The van der Waals surface area contributed by atoms with E-state index in [9.17, 15) is 8.42 Å². The molecule has 7 heteroatoms. The van der Waals surface area contributed by atoms with Gasteiger partial charge in [-0.3, -0.25) is 4.98 Å². The Morgan fingerprint density at radius 3 is 2.74 bits per heavy atom. The third-order valence-electron chi connectivity index (χ3n) is 2.47. The normalized spacial score (nSPS) is 11.4. The third kappa shape index (κ3) is 3.52. The molecule has 0 atom stereocenters. The van der Waals surface area contributed by atoms with E-state index in [-0.39, 0.29) is 11.4 Å². The molecule has 0 saturated heterocycles. The molecule has 1 heterocycles. The van der Waals surface area contributed by atoms with Gasteiger partial charge in [0.15, 0.2) is 0 Å². The Balaban J connectivity index is 2.16. The Morgan fingerprint density at radius 2 is 2.11 bits per heavy atom. The zero-order valence-corrected chi connectivity index (χ0v) is 12.3. The molecule has 19 heavy (non-hydrogen) atoms. The molecule has 0 aliphatic heterocycles. The fraction of sp³-hybridized carbons (Fsp3) is 0.0833. The van der Waals surface area contributed by atoms with Gasteiger partial charge in [0.25, 0.3) is 0 Å². The molecule has 0 radical (unpaired) electrons. The molecule has 2 rings (SSSR count). The quantitative estimate of drug-likeness (QED) is 0.831. The number of nitrogens with two attached hydrogens (primary N) is 1. The molecule has 1 aromatic carbocycles. The average Bonchev–Trinajstić information content (AvgIpc) is 2.41. The first-order valence-corrected chi connectivity index (χ1v) is 7.70. The topological polar surface area (TPSA) is 85.1 Å². The highest BCUT2D eigenvalue weighted by Crippen LogP contribution is 2.22. The number of nitrogen functional groups attached to an aromatic ring is 1. The summed E-state index contributed by atoms with van der Waals surface area (Å²) in [5.41, 5.74) is 6.91. The van der Waals surface area contributed by atoms with Crippen LogP contribution in [0.25, 0.3) is 0 Å². The van der Waals surface area contributed by atoms with Gasteiger partial charge in [-0.2, -0.15) is 0 Å². The lowest BCUT2D eigenvalue weighted by atomic mass is 10.3. The number of hydrogen-bond acceptors (Lipinski definition) is 4. The highest BCUT2D eigenvalue weighted by Gasteiger charge is 2.14. The van der Waals surface area contributed by atoms with Gasteiger partial charge in [-0.15, -0.1) is 0 Å². The van der Waals surface area contributed by atoms with Crippen molar-refractivity contribution in [2.45, 2.75) is 11.4 Å². The summed E-state index contributed by atoms with van der Waals surface area (Å²) >= 11 is 3.21. The number of sulfonamides is 1. The summed E-state index contributed by atoms with van der Waals surface area (Å²) in [5.74, 6) is 0. The van der Waals surface area contributed by atoms with E-state index in [1.807, 2.05) is 0 Å². The van der Waals surface area contributed by atoms with Crippen molar-refractivity contribution in [1.29, 1.82) is 0 Å². The molecule has 0 amide bonds. The van der Waals surface area contributed by atoms with Gasteiger partial charge < -0.3 is 5.73 Å². The molecule has 0 fully saturated rings. The van der Waals surface area contributed by atoms with Crippen LogP contribution in [0.3, 0.4) is 0 Å². The predicted molar refractivity (Wildman–Crippen MR) is 76.8 cm³/mol. The first kappa shape index (κ1) is 14.0. The fourth-order valence-electron chi connectivity index (χ4n) is 1.44. The molecule has 0 aliphatic carbocycles. The molecule has 0 aliphatic rings. The van der Waals surface area contributed by atoms with E-state index in [2.05, 4.69) is 25.6 Å². The van der Waals surface area contributed by atoms with Crippen molar-refractivity contribution in [2.24, 2.45) is 0 Å². The maximum absolute atomic E-state index is 12.1. The van der Waals surface area contributed by atoms with Crippen molar-refractivity contribution in [2.75, 3.05) is 5.73 Å². The van der Waals surface area contributed by atoms with Crippen molar-refractivity contribution >= 4 is 31.6 Å². The van der Waals surface area contributed by atoms with Gasteiger partial charge in [0.1, 0.15) is 0 Å². The molecule has 1 aromatic heterocycles. The zero-order chi connectivity index (χ0) is 13.9. The van der Waals surface area contributed by atoms with Crippen LogP contribution < -0.4 is 10.5 Å². The maximum Gasteiger partial charge on any atom is 0.240 e. The monoisotopic (exact) mass is 341 g/mol. The van der Waals surface area contributed by atoms with Crippen LogP contribution in [0.2, 0.25) is 0 Å². The first-order chi connectivity index (χ1) is 8.99. The second kappa shape index (κ2) is 5.68. The Bertz CT molecular complexity index is 675. The number of nitrogens with zero attached hydrogens (tertiary/aromatic N) is 1. The van der Waals surface area contributed by atoms with Gasteiger partial charge in [-0.05, 0) is 45.8 Å². The number of benzene rings is 1. The lowest BCUT2D eigenvalue weighted by Gasteiger charge is -2.08. The molecular formula is C12H12BrN3O2S. The van der Waals surface area contributed by atoms with Gasteiger partial charge in [0.2, 0.25) is 10.0 Å². The van der Waals surface area contributed by atoms with Crippen molar-refractivity contribution in [3.05, 3.63) is 52.8 Å². The van der Waals surface area contributed by atoms with Crippen LogP contribution in [0.1, 0.15) is 5.56 Å². The maximum atomic E-state index is 12.1. The Kier molecular flexibility index (Phi) is 4.18. The smallest absolute Gasteiger partial charge is 0.240 e. The summed E-state index contributed by atoms with van der Waals surface area (Å²) in [5, 5.41) is 0. The number of nitrogens with one attached hydrogen (secondary N) is 1. The van der Waals surface area contributed by atoms with Crippen LogP contribution in [0.15, 0.2) is 52.1 Å². The van der Waals surface area contributed by atoms with Crippen LogP contribution in [0, 0.1) is 0 Å². The molecule has 0 saturated carbocycles. The SMILES string of the molecule is Nc1ccc(S(=O)(=O)NCc2cccnc2)cc1Br. The summed E-state index contributed by atoms with van der Waals surface area (Å²) in [6, 6.07) is 8.03. The summed E-state index contributed by atoms with van der Waals surface area (Å²) in [7, 11) is -3.56. The molecule has 5 nitrogen and oxygen atoms in total. The minimum atomic E-state index is -3.56. The van der Waals surface area contributed by atoms with Crippen molar-refractivity contribution in [3.63, 3.8) is 0 Å². The number of hydrogen-bond donors (Lipinski definition) is 2. The third-order valence-corrected chi connectivity index (χ3v) is 4.56. The van der Waals surface area contributed by atoms with E-state index >= 15 is 0 Å². The predicted octanol–water partition coefficient (Wildman–Crippen LogP) is 1.90. The van der Waals surface area contributed by atoms with E-state index < -0.39 is 10.0 Å². The highest BCUT2D eigenvalue weighted by molar-refractivity contribution is 9.10. The van der Waals surface area contributed by atoms with E-state index in [0.717, 1.165) is 5.56 Å². The van der Waals surface area contributed by atoms with Crippen LogP contribution in [0.5, 0.6) is 0 Å². The second-order valence-electron chi connectivity index (χ2n) is 3.87. The molecule has 0 unspecified atom stereocenters. The van der Waals surface area contributed by atoms with Gasteiger partial charge in [-0.25, -0.2) is 13.1 Å². The molecule has 100 valence electrons. The molecule has 3 N–H and O–H groups in total. The van der Waals surface area contributed by atoms with E-state index in [1.54, 1.807) is 30.6 Å². The highest BCUT2D eigenvalue weighted by atomic mass is 79.9. The van der Waals surface area contributed by atoms with Crippen molar-refractivity contribution in [1.82, 2.24) is 9.71 Å². The summed E-state index contributed by atoms with van der Waals surface area (Å²) in [6.07, 6.45) is 3.25. The Labute approximate surface area is 120 Å². The zero-order valence-electron chi connectivity index (χ0n) is 9.88. The Morgan fingerprint density at radius 1 is 1.32 bits per heavy atom. The lowest BCUT2D eigenvalue weighted by molar-refractivity contribution is 0.581. The van der Waals surface area contributed by atoms with Crippen LogP contribution in [-0.2, 0) is 16.6 Å². The summed E-state index contributed by atoms with van der Waals surface area (Å²) in [4.78, 5) is 4.09. The van der Waals surface area contributed by atoms with Gasteiger partial charge >= 0.3 is 0 Å². The molecule has 0 spiro atoms. The number of halogens is 1.